The van der Waals surface area contributed by atoms with Gasteiger partial charge in [-0.15, -0.1) is 0 Å². The Labute approximate surface area is 100 Å². The molecule has 0 aliphatic rings. The minimum absolute atomic E-state index is 0.252. The first-order valence-electron chi connectivity index (χ1n) is 5.58. The zero-order chi connectivity index (χ0) is 12.8. The van der Waals surface area contributed by atoms with Crippen LogP contribution in [0.3, 0.4) is 0 Å². The normalized spacial score (nSPS) is 12.7. The summed E-state index contributed by atoms with van der Waals surface area (Å²) >= 11 is 0. The number of rotatable bonds is 6. The summed E-state index contributed by atoms with van der Waals surface area (Å²) in [4.78, 5) is 11.0. The van der Waals surface area contributed by atoms with Crippen molar-refractivity contribution in [3.63, 3.8) is 0 Å². The molecule has 94 valence electrons. The maximum absolute atomic E-state index is 12.7. The number of hydrogen-bond donors (Lipinski definition) is 1. The van der Waals surface area contributed by atoms with Gasteiger partial charge in [-0.2, -0.15) is 0 Å². The number of ether oxygens (including phenoxy) is 1. The van der Waals surface area contributed by atoms with E-state index in [1.165, 1.54) is 12.1 Å². The second-order valence-corrected chi connectivity index (χ2v) is 4.38. The van der Waals surface area contributed by atoms with Gasteiger partial charge >= 0.3 is 5.97 Å². The summed E-state index contributed by atoms with van der Waals surface area (Å²) in [5, 5.41) is 9.00. The molecule has 1 atom stereocenters. The van der Waals surface area contributed by atoms with Gasteiger partial charge in [-0.3, -0.25) is 0 Å². The van der Waals surface area contributed by atoms with Gasteiger partial charge in [0.15, 0.2) is 6.10 Å². The highest BCUT2D eigenvalue weighted by Crippen LogP contribution is 2.09. The minimum atomic E-state index is -0.991. The van der Waals surface area contributed by atoms with Gasteiger partial charge in [-0.05, 0) is 23.6 Å². The van der Waals surface area contributed by atoms with Crippen molar-refractivity contribution in [1.29, 1.82) is 0 Å². The van der Waals surface area contributed by atoms with Crippen LogP contribution in [0, 0.1) is 11.7 Å². The lowest BCUT2D eigenvalue weighted by Gasteiger charge is -2.15. The Morgan fingerprint density at radius 3 is 2.41 bits per heavy atom. The third kappa shape index (κ3) is 4.95. The van der Waals surface area contributed by atoms with E-state index in [1.54, 1.807) is 12.1 Å². The molecule has 0 unspecified atom stereocenters. The number of hydrogen-bond acceptors (Lipinski definition) is 2. The lowest BCUT2D eigenvalue weighted by molar-refractivity contribution is -0.150. The van der Waals surface area contributed by atoms with Crippen LogP contribution in [0.25, 0.3) is 0 Å². The van der Waals surface area contributed by atoms with Crippen LogP contribution >= 0.6 is 0 Å². The molecule has 1 aromatic rings. The minimum Gasteiger partial charge on any atom is -0.479 e. The van der Waals surface area contributed by atoms with Gasteiger partial charge < -0.3 is 9.84 Å². The Morgan fingerprint density at radius 1 is 1.35 bits per heavy atom. The molecule has 0 aromatic heterocycles. The first-order chi connectivity index (χ1) is 7.99. The second-order valence-electron chi connectivity index (χ2n) is 4.38. The van der Waals surface area contributed by atoms with Gasteiger partial charge in [-0.25, -0.2) is 9.18 Å². The lowest BCUT2D eigenvalue weighted by Crippen LogP contribution is -2.28. The van der Waals surface area contributed by atoms with E-state index >= 15 is 0 Å². The summed E-state index contributed by atoms with van der Waals surface area (Å²) in [7, 11) is 0. The van der Waals surface area contributed by atoms with Gasteiger partial charge in [0, 0.05) is 6.42 Å². The number of carboxylic acids is 1. The van der Waals surface area contributed by atoms with Crippen molar-refractivity contribution in [3.05, 3.63) is 35.6 Å². The van der Waals surface area contributed by atoms with Crippen molar-refractivity contribution in [2.45, 2.75) is 26.4 Å². The SMILES string of the molecule is CC(C)CO[C@@H](Cc1ccc(F)cc1)C(=O)O. The molecule has 3 nitrogen and oxygen atoms in total. The first kappa shape index (κ1) is 13.6. The van der Waals surface area contributed by atoms with Crippen molar-refractivity contribution in [2.24, 2.45) is 5.92 Å². The number of aliphatic carboxylic acids is 1. The van der Waals surface area contributed by atoms with E-state index in [0.29, 0.717) is 6.61 Å². The fourth-order valence-electron chi connectivity index (χ4n) is 1.36. The van der Waals surface area contributed by atoms with Gasteiger partial charge in [0.1, 0.15) is 5.82 Å². The molecule has 0 spiro atoms. The molecule has 0 aliphatic heterocycles. The highest BCUT2D eigenvalue weighted by Gasteiger charge is 2.19. The van der Waals surface area contributed by atoms with Gasteiger partial charge in [0.05, 0.1) is 6.61 Å². The van der Waals surface area contributed by atoms with Crippen LogP contribution in [0.4, 0.5) is 4.39 Å². The highest BCUT2D eigenvalue weighted by molar-refractivity contribution is 5.72. The summed E-state index contributed by atoms with van der Waals surface area (Å²) in [6.07, 6.45) is -0.620. The molecule has 0 saturated carbocycles. The van der Waals surface area contributed by atoms with Crippen LogP contribution in [0.15, 0.2) is 24.3 Å². The molecule has 0 radical (unpaired) electrons. The smallest absolute Gasteiger partial charge is 0.333 e. The quantitative estimate of drug-likeness (QED) is 0.831. The average Bonchev–Trinajstić information content (AvgIpc) is 2.26. The van der Waals surface area contributed by atoms with E-state index in [0.717, 1.165) is 5.56 Å². The molecule has 0 bridgehead atoms. The highest BCUT2D eigenvalue weighted by atomic mass is 19.1. The largest absolute Gasteiger partial charge is 0.479 e. The van der Waals surface area contributed by atoms with E-state index in [4.69, 9.17) is 9.84 Å². The molecule has 0 heterocycles. The molecule has 0 amide bonds. The van der Waals surface area contributed by atoms with E-state index < -0.39 is 12.1 Å². The van der Waals surface area contributed by atoms with Crippen molar-refractivity contribution in [1.82, 2.24) is 0 Å². The Morgan fingerprint density at radius 2 is 1.94 bits per heavy atom. The van der Waals surface area contributed by atoms with E-state index in [-0.39, 0.29) is 18.2 Å². The Kier molecular flexibility index (Phi) is 5.10. The molecule has 0 aliphatic carbocycles. The van der Waals surface area contributed by atoms with E-state index in [2.05, 4.69) is 0 Å². The number of halogens is 1. The zero-order valence-corrected chi connectivity index (χ0v) is 10.0. The Hall–Kier alpha value is -1.42. The third-order valence-electron chi connectivity index (χ3n) is 2.24. The number of benzene rings is 1. The van der Waals surface area contributed by atoms with Crippen LogP contribution in [-0.2, 0) is 16.0 Å². The van der Waals surface area contributed by atoms with Crippen LogP contribution < -0.4 is 0 Å². The summed E-state index contributed by atoms with van der Waals surface area (Å²) in [5.41, 5.74) is 0.752. The van der Waals surface area contributed by atoms with Crippen molar-refractivity contribution in [2.75, 3.05) is 6.61 Å². The predicted molar refractivity (Wildman–Crippen MR) is 62.3 cm³/mol. The molecule has 1 N–H and O–H groups in total. The summed E-state index contributed by atoms with van der Waals surface area (Å²) in [5.74, 6) is -1.04. The molecular formula is C13H17FO3. The standard InChI is InChI=1S/C13H17FO3/c1-9(2)8-17-12(13(15)16)7-10-3-5-11(14)6-4-10/h3-6,9,12H,7-8H2,1-2H3,(H,15,16)/t12-/m0/s1. The van der Waals surface area contributed by atoms with Gasteiger partial charge in [0.25, 0.3) is 0 Å². The fourth-order valence-corrected chi connectivity index (χ4v) is 1.36. The summed E-state index contributed by atoms with van der Waals surface area (Å²) in [6, 6.07) is 5.78. The average molecular weight is 240 g/mol. The molecule has 0 fully saturated rings. The molecule has 1 aromatic carbocycles. The van der Waals surface area contributed by atoms with E-state index in [1.807, 2.05) is 13.8 Å². The lowest BCUT2D eigenvalue weighted by atomic mass is 10.1. The fraction of sp³-hybridized carbons (Fsp3) is 0.462. The van der Waals surface area contributed by atoms with Crippen molar-refractivity contribution in [3.8, 4) is 0 Å². The summed E-state index contributed by atoms with van der Waals surface area (Å²) in [6.45, 7) is 4.31. The van der Waals surface area contributed by atoms with Gasteiger partial charge in [-0.1, -0.05) is 26.0 Å². The molecule has 1 rings (SSSR count). The summed E-state index contributed by atoms with van der Waals surface area (Å²) < 4.78 is 18.0. The third-order valence-corrected chi connectivity index (χ3v) is 2.24. The van der Waals surface area contributed by atoms with Crippen LogP contribution in [0.5, 0.6) is 0 Å². The molecular weight excluding hydrogens is 223 g/mol. The topological polar surface area (TPSA) is 46.5 Å². The van der Waals surface area contributed by atoms with Crippen LogP contribution in [0.1, 0.15) is 19.4 Å². The van der Waals surface area contributed by atoms with Crippen LogP contribution in [0.2, 0.25) is 0 Å². The monoisotopic (exact) mass is 240 g/mol. The molecule has 4 heteroatoms. The molecule has 0 saturated heterocycles. The molecule has 17 heavy (non-hydrogen) atoms. The zero-order valence-electron chi connectivity index (χ0n) is 10.0. The van der Waals surface area contributed by atoms with Crippen molar-refractivity contribution >= 4 is 5.97 Å². The van der Waals surface area contributed by atoms with Gasteiger partial charge in [0.2, 0.25) is 0 Å². The maximum Gasteiger partial charge on any atom is 0.333 e. The first-order valence-corrected chi connectivity index (χ1v) is 5.58. The van der Waals surface area contributed by atoms with Crippen LogP contribution in [-0.4, -0.2) is 23.8 Å². The second kappa shape index (κ2) is 6.35. The Bertz CT molecular complexity index is 359. The maximum atomic E-state index is 12.7. The number of carbonyl (C=O) groups is 1. The van der Waals surface area contributed by atoms with Crippen molar-refractivity contribution < 1.29 is 19.0 Å². The Balaban J connectivity index is 2.60. The number of carboxylic acid groups (broad SMARTS) is 1. The predicted octanol–water partition coefficient (Wildman–Crippen LogP) is 2.49. The van der Waals surface area contributed by atoms with E-state index in [9.17, 15) is 9.18 Å².